The monoisotopic (exact) mass is 397 g/mol. The number of nitriles is 1. The van der Waals surface area contributed by atoms with Gasteiger partial charge in [0.15, 0.2) is 0 Å². The third-order valence-electron chi connectivity index (χ3n) is 4.23. The Hall–Kier alpha value is -3.28. The highest BCUT2D eigenvalue weighted by atomic mass is 35.5. The first-order valence-electron chi connectivity index (χ1n) is 8.35. The third kappa shape index (κ3) is 3.86. The Morgan fingerprint density at radius 3 is 2.57 bits per heavy atom. The van der Waals surface area contributed by atoms with Crippen LogP contribution in [0.2, 0.25) is 5.02 Å². The summed E-state index contributed by atoms with van der Waals surface area (Å²) in [6, 6.07) is 11.0. The molecule has 9 heteroatoms. The molecule has 0 bridgehead atoms. The number of aliphatic hydroxyl groups excluding tert-OH is 1. The molecule has 2 aromatic carbocycles. The minimum Gasteiger partial charge on any atom is -0.418 e. The van der Waals surface area contributed by atoms with Gasteiger partial charge in [0.2, 0.25) is 11.8 Å². The fraction of sp³-hybridized carbons (Fsp3) is 0.211. The maximum absolute atomic E-state index is 10.5. The first kappa shape index (κ1) is 19.5. The van der Waals surface area contributed by atoms with Gasteiger partial charge in [-0.1, -0.05) is 11.6 Å². The topological polar surface area (TPSA) is 124 Å². The molecule has 0 radical (unpaired) electrons. The van der Waals surface area contributed by atoms with Crippen LogP contribution in [0.1, 0.15) is 30.0 Å². The smallest absolute Gasteiger partial charge is 0.247 e. The van der Waals surface area contributed by atoms with E-state index in [1.807, 2.05) is 6.07 Å². The van der Waals surface area contributed by atoms with Crippen LogP contribution < -0.4 is 5.32 Å². The number of benzene rings is 2. The molecule has 0 saturated heterocycles. The summed E-state index contributed by atoms with van der Waals surface area (Å²) in [5.41, 5.74) is 2.58. The first-order valence-corrected chi connectivity index (χ1v) is 8.73. The molecular weight excluding hydrogens is 382 g/mol. The summed E-state index contributed by atoms with van der Waals surface area (Å²) in [5, 5.41) is 33.7. The maximum atomic E-state index is 10.5. The van der Waals surface area contributed by atoms with E-state index in [9.17, 15) is 10.0 Å². The Kier molecular flexibility index (Phi) is 5.68. The highest BCUT2D eigenvalue weighted by Crippen LogP contribution is 2.31. The Bertz CT molecular complexity index is 1040. The highest BCUT2D eigenvalue weighted by Gasteiger charge is 2.25. The molecule has 0 unspecified atom stereocenters. The van der Waals surface area contributed by atoms with Crippen LogP contribution in [0.25, 0.3) is 11.5 Å². The number of nitroso groups, excluding NO2 is 1. The van der Waals surface area contributed by atoms with Crippen LogP contribution in [-0.2, 0) is 0 Å². The number of aliphatic hydroxyl groups is 1. The van der Waals surface area contributed by atoms with E-state index < -0.39 is 12.1 Å². The lowest BCUT2D eigenvalue weighted by Gasteiger charge is -2.21. The normalized spacial score (nSPS) is 12.8. The van der Waals surface area contributed by atoms with Gasteiger partial charge in [0.1, 0.15) is 17.8 Å². The van der Waals surface area contributed by atoms with Crippen LogP contribution in [0.5, 0.6) is 0 Å². The number of nitrogens with zero attached hydrogens (tertiary/aromatic N) is 4. The average Bonchev–Trinajstić information content (AvgIpc) is 3.18. The molecule has 3 rings (SSSR count). The molecule has 0 aliphatic heterocycles. The predicted molar refractivity (Wildman–Crippen MR) is 104 cm³/mol. The van der Waals surface area contributed by atoms with E-state index >= 15 is 0 Å². The van der Waals surface area contributed by atoms with Crippen molar-refractivity contribution in [1.29, 1.82) is 5.26 Å². The van der Waals surface area contributed by atoms with E-state index in [4.69, 9.17) is 21.3 Å². The Balaban J connectivity index is 1.89. The number of anilines is 1. The fourth-order valence-corrected chi connectivity index (χ4v) is 2.83. The van der Waals surface area contributed by atoms with Crippen LogP contribution >= 0.6 is 11.6 Å². The summed E-state index contributed by atoms with van der Waals surface area (Å²) < 4.78 is 5.72. The fourth-order valence-electron chi connectivity index (χ4n) is 2.63. The summed E-state index contributed by atoms with van der Waals surface area (Å²) in [7, 11) is 0. The zero-order valence-electron chi connectivity index (χ0n) is 15.0. The van der Waals surface area contributed by atoms with Crippen molar-refractivity contribution in [3.05, 3.63) is 63.3 Å². The van der Waals surface area contributed by atoms with Crippen molar-refractivity contribution < 1.29 is 9.52 Å². The lowest BCUT2D eigenvalue weighted by Crippen LogP contribution is -2.23. The SMILES string of the molecule is Cc1c(N[C@@H](c2nnc(-c3ccc(N=O)cc3)o2)[C@@H](C)O)ccc(C#N)c1Cl. The third-order valence-corrected chi connectivity index (χ3v) is 4.71. The first-order chi connectivity index (χ1) is 13.4. The molecule has 0 aliphatic carbocycles. The Labute approximate surface area is 165 Å². The van der Waals surface area contributed by atoms with Crippen molar-refractivity contribution in [2.75, 3.05) is 5.32 Å². The zero-order valence-corrected chi connectivity index (χ0v) is 15.8. The molecule has 3 aromatic rings. The minimum atomic E-state index is -0.858. The zero-order chi connectivity index (χ0) is 20.3. The predicted octanol–water partition coefficient (Wildman–Crippen LogP) is 4.50. The highest BCUT2D eigenvalue weighted by molar-refractivity contribution is 6.32. The second-order valence-corrected chi connectivity index (χ2v) is 6.54. The Morgan fingerprint density at radius 1 is 1.25 bits per heavy atom. The number of hydrogen-bond donors (Lipinski definition) is 2. The van der Waals surface area contributed by atoms with Gasteiger partial charge in [-0.05, 0) is 61.0 Å². The summed E-state index contributed by atoms with van der Waals surface area (Å²) in [4.78, 5) is 10.5. The molecule has 8 nitrogen and oxygen atoms in total. The number of halogens is 1. The van der Waals surface area contributed by atoms with Gasteiger partial charge in [-0.15, -0.1) is 15.1 Å². The van der Waals surface area contributed by atoms with E-state index in [2.05, 4.69) is 20.7 Å². The molecule has 1 heterocycles. The summed E-state index contributed by atoms with van der Waals surface area (Å²) >= 11 is 6.21. The average molecular weight is 398 g/mol. The van der Waals surface area contributed by atoms with Crippen molar-refractivity contribution in [3.8, 4) is 17.5 Å². The molecule has 2 N–H and O–H groups in total. The van der Waals surface area contributed by atoms with E-state index in [0.29, 0.717) is 33.1 Å². The van der Waals surface area contributed by atoms with E-state index in [0.717, 1.165) is 0 Å². The van der Waals surface area contributed by atoms with Crippen LogP contribution in [-0.4, -0.2) is 21.4 Å². The molecule has 0 aliphatic rings. The van der Waals surface area contributed by atoms with Gasteiger partial charge >= 0.3 is 0 Å². The molecule has 1 aromatic heterocycles. The van der Waals surface area contributed by atoms with E-state index in [1.54, 1.807) is 50.2 Å². The van der Waals surface area contributed by atoms with Crippen molar-refractivity contribution in [2.24, 2.45) is 5.18 Å². The van der Waals surface area contributed by atoms with Gasteiger partial charge in [0.05, 0.1) is 16.7 Å². The van der Waals surface area contributed by atoms with Gasteiger partial charge in [0, 0.05) is 11.3 Å². The molecule has 2 atom stereocenters. The summed E-state index contributed by atoms with van der Waals surface area (Å²) in [6.07, 6.45) is -0.858. The number of aromatic nitrogens is 2. The standard InChI is InChI=1S/C19H16ClN5O3/c1-10-15(8-5-13(9-21)16(10)20)22-17(11(2)26)19-24-23-18(28-19)12-3-6-14(25-27)7-4-12/h3-8,11,17,22,26H,1-2H3/t11-,17-/m1/s1. The quantitative estimate of drug-likeness (QED) is 0.586. The van der Waals surface area contributed by atoms with Crippen LogP contribution in [0.3, 0.4) is 0 Å². The number of hydrogen-bond acceptors (Lipinski definition) is 8. The maximum Gasteiger partial charge on any atom is 0.247 e. The molecule has 0 saturated carbocycles. The van der Waals surface area contributed by atoms with Gasteiger partial charge in [-0.25, -0.2) is 0 Å². The second kappa shape index (κ2) is 8.17. The lowest BCUT2D eigenvalue weighted by molar-refractivity contribution is 0.159. The molecule has 28 heavy (non-hydrogen) atoms. The second-order valence-electron chi connectivity index (χ2n) is 6.16. The molecular formula is C19H16ClN5O3. The number of nitrogens with one attached hydrogen (secondary N) is 1. The molecule has 0 amide bonds. The van der Waals surface area contributed by atoms with Crippen molar-refractivity contribution in [1.82, 2.24) is 10.2 Å². The van der Waals surface area contributed by atoms with Gasteiger partial charge in [-0.3, -0.25) is 0 Å². The Morgan fingerprint density at radius 2 is 1.96 bits per heavy atom. The van der Waals surface area contributed by atoms with Gasteiger partial charge in [0.25, 0.3) is 0 Å². The van der Waals surface area contributed by atoms with E-state index in [-0.39, 0.29) is 11.8 Å². The van der Waals surface area contributed by atoms with Crippen molar-refractivity contribution in [2.45, 2.75) is 26.0 Å². The van der Waals surface area contributed by atoms with Crippen molar-refractivity contribution >= 4 is 23.0 Å². The van der Waals surface area contributed by atoms with E-state index in [1.165, 1.54) is 0 Å². The van der Waals surface area contributed by atoms with Crippen molar-refractivity contribution in [3.63, 3.8) is 0 Å². The molecule has 142 valence electrons. The van der Waals surface area contributed by atoms with Gasteiger partial charge in [-0.2, -0.15) is 5.26 Å². The number of rotatable bonds is 6. The summed E-state index contributed by atoms with van der Waals surface area (Å²) in [6.45, 7) is 3.36. The van der Waals surface area contributed by atoms with Gasteiger partial charge < -0.3 is 14.8 Å². The lowest BCUT2D eigenvalue weighted by atomic mass is 10.1. The minimum absolute atomic E-state index is 0.183. The summed E-state index contributed by atoms with van der Waals surface area (Å²) in [5.74, 6) is 0.428. The molecule has 0 spiro atoms. The molecule has 0 fully saturated rings. The van der Waals surface area contributed by atoms with Crippen LogP contribution in [0.4, 0.5) is 11.4 Å². The van der Waals surface area contributed by atoms with Crippen LogP contribution in [0, 0.1) is 23.2 Å². The largest absolute Gasteiger partial charge is 0.418 e. The van der Waals surface area contributed by atoms with Crippen LogP contribution in [0.15, 0.2) is 46.0 Å².